The van der Waals surface area contributed by atoms with Gasteiger partial charge in [0.15, 0.2) is 0 Å². The van der Waals surface area contributed by atoms with Crippen molar-refractivity contribution in [2.75, 3.05) is 13.7 Å². The van der Waals surface area contributed by atoms with Crippen LogP contribution >= 0.6 is 0 Å². The molecule has 0 aliphatic heterocycles. The van der Waals surface area contributed by atoms with Crippen molar-refractivity contribution < 1.29 is 14.8 Å². The summed E-state index contributed by atoms with van der Waals surface area (Å²) in [4.78, 5) is 27.0. The Bertz CT molecular complexity index is 680. The quantitative estimate of drug-likeness (QED) is 0.643. The van der Waals surface area contributed by atoms with Crippen LogP contribution in [0.15, 0.2) is 24.4 Å². The molecule has 7 nitrogen and oxygen atoms in total. The summed E-state index contributed by atoms with van der Waals surface area (Å²) < 4.78 is 0. The molecule has 0 fully saturated rings. The van der Waals surface area contributed by atoms with Crippen molar-refractivity contribution in [3.8, 4) is 0 Å². The van der Waals surface area contributed by atoms with Gasteiger partial charge >= 0.3 is 0 Å². The molecule has 112 valence electrons. The molecule has 2 aromatic rings. The van der Waals surface area contributed by atoms with Crippen LogP contribution in [0.4, 0.5) is 5.69 Å². The van der Waals surface area contributed by atoms with Crippen molar-refractivity contribution in [1.29, 1.82) is 0 Å². The number of rotatable bonds is 5. The van der Waals surface area contributed by atoms with E-state index in [0.29, 0.717) is 10.9 Å². The number of aliphatic hydroxyl groups is 1. The SMILES string of the molecule is CC(CO)N(C)C(=O)Cc1c[nH]c2ccc([N+](=O)[O-])cc12. The lowest BCUT2D eigenvalue weighted by Crippen LogP contribution is -2.38. The molecule has 0 saturated carbocycles. The van der Waals surface area contributed by atoms with Gasteiger partial charge in [0.2, 0.25) is 5.91 Å². The third kappa shape index (κ3) is 3.03. The minimum atomic E-state index is -0.460. The Balaban J connectivity index is 2.28. The molecule has 1 aromatic heterocycles. The largest absolute Gasteiger partial charge is 0.394 e. The number of hydrogen-bond acceptors (Lipinski definition) is 4. The van der Waals surface area contributed by atoms with Crippen LogP contribution in [0.5, 0.6) is 0 Å². The smallest absolute Gasteiger partial charge is 0.270 e. The van der Waals surface area contributed by atoms with Gasteiger partial charge in [-0.3, -0.25) is 14.9 Å². The third-order valence-corrected chi connectivity index (χ3v) is 3.62. The van der Waals surface area contributed by atoms with Gasteiger partial charge in [0, 0.05) is 36.3 Å². The fraction of sp³-hybridized carbons (Fsp3) is 0.357. The standard InChI is InChI=1S/C14H17N3O4/c1-9(8-18)16(2)14(19)5-10-7-15-13-4-3-11(17(20)21)6-12(10)13/h3-4,6-7,9,15,18H,5,8H2,1-2H3. The molecule has 1 unspecified atom stereocenters. The highest BCUT2D eigenvalue weighted by atomic mass is 16.6. The monoisotopic (exact) mass is 291 g/mol. The predicted octanol–water partition coefficient (Wildman–Crippen LogP) is 1.46. The van der Waals surface area contributed by atoms with Gasteiger partial charge in [-0.1, -0.05) is 0 Å². The van der Waals surface area contributed by atoms with E-state index in [1.165, 1.54) is 17.0 Å². The summed E-state index contributed by atoms with van der Waals surface area (Å²) in [6.45, 7) is 1.64. The molecule has 1 aromatic carbocycles. The minimum Gasteiger partial charge on any atom is -0.394 e. The minimum absolute atomic E-state index is 0.00659. The molecule has 2 rings (SSSR count). The Hall–Kier alpha value is -2.41. The van der Waals surface area contributed by atoms with Crippen molar-refractivity contribution in [1.82, 2.24) is 9.88 Å². The van der Waals surface area contributed by atoms with Crippen LogP contribution in [0.2, 0.25) is 0 Å². The number of H-pyrrole nitrogens is 1. The first-order chi connectivity index (χ1) is 9.93. The van der Waals surface area contributed by atoms with Gasteiger partial charge in [-0.2, -0.15) is 0 Å². The van der Waals surface area contributed by atoms with Gasteiger partial charge in [-0.05, 0) is 18.6 Å². The number of aromatic nitrogens is 1. The van der Waals surface area contributed by atoms with Crippen LogP contribution in [-0.2, 0) is 11.2 Å². The number of amides is 1. The number of carbonyl (C=O) groups is 1. The van der Waals surface area contributed by atoms with Crippen molar-refractivity contribution >= 4 is 22.5 Å². The Morgan fingerprint density at radius 2 is 2.24 bits per heavy atom. The molecule has 0 saturated heterocycles. The molecule has 0 radical (unpaired) electrons. The van der Waals surface area contributed by atoms with Crippen LogP contribution < -0.4 is 0 Å². The maximum Gasteiger partial charge on any atom is 0.270 e. The highest BCUT2D eigenvalue weighted by Gasteiger charge is 2.18. The van der Waals surface area contributed by atoms with E-state index in [4.69, 9.17) is 5.11 Å². The summed E-state index contributed by atoms with van der Waals surface area (Å²) in [5.41, 5.74) is 1.45. The van der Waals surface area contributed by atoms with E-state index in [0.717, 1.165) is 5.52 Å². The first-order valence-electron chi connectivity index (χ1n) is 6.55. The first-order valence-corrected chi connectivity index (χ1v) is 6.55. The summed E-state index contributed by atoms with van der Waals surface area (Å²) in [6.07, 6.45) is 1.81. The number of fused-ring (bicyclic) bond motifs is 1. The van der Waals surface area contributed by atoms with Crippen LogP contribution in [0, 0.1) is 10.1 Å². The Morgan fingerprint density at radius 3 is 2.86 bits per heavy atom. The van der Waals surface area contributed by atoms with Crippen molar-refractivity contribution in [2.24, 2.45) is 0 Å². The van der Waals surface area contributed by atoms with E-state index in [-0.39, 0.29) is 30.7 Å². The van der Waals surface area contributed by atoms with Gasteiger partial charge in [-0.25, -0.2) is 0 Å². The maximum absolute atomic E-state index is 12.1. The molecule has 7 heteroatoms. The van der Waals surface area contributed by atoms with Crippen LogP contribution in [0.3, 0.4) is 0 Å². The molecule has 21 heavy (non-hydrogen) atoms. The summed E-state index contributed by atoms with van der Waals surface area (Å²) in [6, 6.07) is 4.24. The zero-order chi connectivity index (χ0) is 15.6. The summed E-state index contributed by atoms with van der Waals surface area (Å²) in [7, 11) is 1.63. The number of nitrogens with zero attached hydrogens (tertiary/aromatic N) is 2. The normalized spacial score (nSPS) is 12.3. The number of aromatic amines is 1. The van der Waals surface area contributed by atoms with E-state index < -0.39 is 4.92 Å². The highest BCUT2D eigenvalue weighted by molar-refractivity contribution is 5.90. The molecule has 1 heterocycles. The molecular weight excluding hydrogens is 274 g/mol. The molecule has 0 aliphatic rings. The second-order valence-electron chi connectivity index (χ2n) is 5.01. The fourth-order valence-corrected chi connectivity index (χ4v) is 2.08. The average molecular weight is 291 g/mol. The average Bonchev–Trinajstić information content (AvgIpc) is 2.87. The zero-order valence-electron chi connectivity index (χ0n) is 11.9. The lowest BCUT2D eigenvalue weighted by Gasteiger charge is -2.23. The van der Waals surface area contributed by atoms with Gasteiger partial charge in [0.25, 0.3) is 5.69 Å². The van der Waals surface area contributed by atoms with Gasteiger partial charge in [-0.15, -0.1) is 0 Å². The molecule has 0 bridgehead atoms. The second-order valence-corrected chi connectivity index (χ2v) is 5.01. The summed E-state index contributed by atoms with van der Waals surface area (Å²) >= 11 is 0. The molecule has 0 spiro atoms. The second kappa shape index (κ2) is 5.92. The molecule has 2 N–H and O–H groups in total. The van der Waals surface area contributed by atoms with E-state index in [1.54, 1.807) is 26.2 Å². The number of non-ortho nitro benzene ring substituents is 1. The number of hydrogen-bond donors (Lipinski definition) is 2. The molecule has 1 atom stereocenters. The topological polar surface area (TPSA) is 99.5 Å². The predicted molar refractivity (Wildman–Crippen MR) is 78.0 cm³/mol. The highest BCUT2D eigenvalue weighted by Crippen LogP contribution is 2.24. The Kier molecular flexibility index (Phi) is 4.23. The van der Waals surface area contributed by atoms with Gasteiger partial charge in [0.05, 0.1) is 24.0 Å². The lowest BCUT2D eigenvalue weighted by molar-refractivity contribution is -0.384. The van der Waals surface area contributed by atoms with E-state index >= 15 is 0 Å². The van der Waals surface area contributed by atoms with Crippen molar-refractivity contribution in [3.63, 3.8) is 0 Å². The molecule has 1 amide bonds. The summed E-state index contributed by atoms with van der Waals surface area (Å²) in [5, 5.41) is 20.6. The van der Waals surface area contributed by atoms with Crippen molar-refractivity contribution in [3.05, 3.63) is 40.1 Å². The van der Waals surface area contributed by atoms with Crippen LogP contribution in [0.25, 0.3) is 10.9 Å². The first kappa shape index (κ1) is 15.0. The number of nitro groups is 1. The lowest BCUT2D eigenvalue weighted by atomic mass is 10.1. The Labute approximate surface area is 121 Å². The zero-order valence-corrected chi connectivity index (χ0v) is 11.9. The van der Waals surface area contributed by atoms with Crippen molar-refractivity contribution in [2.45, 2.75) is 19.4 Å². The Morgan fingerprint density at radius 1 is 1.52 bits per heavy atom. The van der Waals surface area contributed by atoms with Crippen LogP contribution in [0.1, 0.15) is 12.5 Å². The fourth-order valence-electron chi connectivity index (χ4n) is 2.08. The number of benzene rings is 1. The summed E-state index contributed by atoms with van der Waals surface area (Å²) in [5.74, 6) is -0.149. The number of carbonyl (C=O) groups excluding carboxylic acids is 1. The van der Waals surface area contributed by atoms with Gasteiger partial charge in [0.1, 0.15) is 0 Å². The molecular formula is C14H17N3O4. The van der Waals surface area contributed by atoms with E-state index in [1.807, 2.05) is 0 Å². The third-order valence-electron chi connectivity index (χ3n) is 3.62. The number of nitrogens with one attached hydrogen (secondary N) is 1. The number of aliphatic hydroxyl groups excluding tert-OH is 1. The molecule has 0 aliphatic carbocycles. The maximum atomic E-state index is 12.1. The van der Waals surface area contributed by atoms with Gasteiger partial charge < -0.3 is 15.0 Å². The number of nitro benzene ring substituents is 1. The van der Waals surface area contributed by atoms with E-state index in [9.17, 15) is 14.9 Å². The number of likely N-dealkylation sites (N-methyl/N-ethyl adjacent to an activating group) is 1. The van der Waals surface area contributed by atoms with Crippen LogP contribution in [-0.4, -0.2) is 45.5 Å². The van der Waals surface area contributed by atoms with E-state index in [2.05, 4.69) is 4.98 Å².